The maximum absolute atomic E-state index is 4.31. The van der Waals surface area contributed by atoms with Crippen LogP contribution in [0.3, 0.4) is 0 Å². The zero-order valence-electron chi connectivity index (χ0n) is 13.1. The highest BCUT2D eigenvalue weighted by Crippen LogP contribution is 2.11. The van der Waals surface area contributed by atoms with E-state index >= 15 is 0 Å². The maximum Gasteiger partial charge on any atom is 0.252 e. The van der Waals surface area contributed by atoms with E-state index in [0.717, 1.165) is 10.3 Å². The zero-order valence-corrected chi connectivity index (χ0v) is 14.6. The first-order valence-electron chi connectivity index (χ1n) is 6.82. The molecular formula is C13H24BrN6+. The normalized spacial score (nSPS) is 10.8. The van der Waals surface area contributed by atoms with Crippen LogP contribution in [0, 0.1) is 6.92 Å². The third kappa shape index (κ3) is 4.97. The average Bonchev–Trinajstić information content (AvgIpc) is 2.86. The number of quaternary nitrogens is 1. The molecule has 0 aliphatic heterocycles. The highest BCUT2D eigenvalue weighted by molar-refractivity contribution is 9.10. The Labute approximate surface area is 129 Å². The summed E-state index contributed by atoms with van der Waals surface area (Å²) in [6.45, 7) is 11.8. The molecule has 1 unspecified atom stereocenters. The standard InChI is InChI=1S/C9H11BrN6.2C2H6/c1-5(11)8-14-6(2)15-16(8)9-12-3-7(10)4-13-9;2*1-2/h3-5H,11H2,1-2H3;2*1-2H3/p+1. The molecule has 2 aromatic rings. The van der Waals surface area contributed by atoms with Crippen molar-refractivity contribution in [3.8, 4) is 5.95 Å². The average molecular weight is 344 g/mol. The van der Waals surface area contributed by atoms with Gasteiger partial charge in [0, 0.05) is 12.4 Å². The number of hydrogen-bond acceptors (Lipinski definition) is 4. The molecule has 2 rings (SSSR count). The molecule has 20 heavy (non-hydrogen) atoms. The molecule has 0 saturated carbocycles. The Morgan fingerprint density at radius 2 is 1.65 bits per heavy atom. The Morgan fingerprint density at radius 1 is 1.15 bits per heavy atom. The SMILES string of the molecule is CC.CC.Cc1nc(C(C)[NH3+])n(-c2ncc(Br)cn2)n1. The summed E-state index contributed by atoms with van der Waals surface area (Å²) in [7, 11) is 0. The summed E-state index contributed by atoms with van der Waals surface area (Å²) in [5.74, 6) is 1.96. The molecule has 0 aliphatic carbocycles. The molecule has 112 valence electrons. The lowest BCUT2D eigenvalue weighted by molar-refractivity contribution is -0.422. The predicted molar refractivity (Wildman–Crippen MR) is 83.4 cm³/mol. The van der Waals surface area contributed by atoms with E-state index in [9.17, 15) is 0 Å². The molecule has 6 nitrogen and oxygen atoms in total. The molecule has 2 aromatic heterocycles. The third-order valence-corrected chi connectivity index (χ3v) is 2.38. The van der Waals surface area contributed by atoms with Crippen molar-refractivity contribution in [2.24, 2.45) is 0 Å². The highest BCUT2D eigenvalue weighted by atomic mass is 79.9. The van der Waals surface area contributed by atoms with Crippen molar-refractivity contribution >= 4 is 15.9 Å². The molecule has 2 heterocycles. The largest absolute Gasteiger partial charge is 0.349 e. The van der Waals surface area contributed by atoms with Crippen LogP contribution in [0.4, 0.5) is 0 Å². The molecule has 0 saturated heterocycles. The second kappa shape index (κ2) is 9.55. The van der Waals surface area contributed by atoms with Crippen LogP contribution in [0.5, 0.6) is 0 Å². The number of halogens is 1. The molecular weight excluding hydrogens is 320 g/mol. The van der Waals surface area contributed by atoms with Crippen LogP contribution in [0.25, 0.3) is 5.95 Å². The minimum atomic E-state index is 0.0356. The molecule has 0 aromatic carbocycles. The highest BCUT2D eigenvalue weighted by Gasteiger charge is 2.16. The van der Waals surface area contributed by atoms with Gasteiger partial charge in [0.2, 0.25) is 0 Å². The van der Waals surface area contributed by atoms with Crippen molar-refractivity contribution in [2.45, 2.75) is 47.6 Å². The van der Waals surface area contributed by atoms with Gasteiger partial charge < -0.3 is 5.73 Å². The summed E-state index contributed by atoms with van der Waals surface area (Å²) < 4.78 is 2.46. The molecule has 0 radical (unpaired) electrons. The zero-order chi connectivity index (χ0) is 15.7. The molecule has 0 bridgehead atoms. The number of rotatable bonds is 2. The second-order valence-corrected chi connectivity index (χ2v) is 4.45. The van der Waals surface area contributed by atoms with Crippen LogP contribution >= 0.6 is 15.9 Å². The second-order valence-electron chi connectivity index (χ2n) is 3.53. The Bertz CT molecular complexity index is 492. The number of hydrogen-bond donors (Lipinski definition) is 1. The molecule has 1 atom stereocenters. The van der Waals surface area contributed by atoms with Gasteiger partial charge in [-0.05, 0) is 29.8 Å². The smallest absolute Gasteiger partial charge is 0.252 e. The van der Waals surface area contributed by atoms with Gasteiger partial charge in [-0.25, -0.2) is 15.0 Å². The van der Waals surface area contributed by atoms with E-state index in [1.807, 2.05) is 41.5 Å². The Balaban J connectivity index is 0.000000829. The van der Waals surface area contributed by atoms with Gasteiger partial charge in [-0.2, -0.15) is 4.68 Å². The van der Waals surface area contributed by atoms with Crippen molar-refractivity contribution in [1.29, 1.82) is 0 Å². The minimum Gasteiger partial charge on any atom is -0.349 e. The van der Waals surface area contributed by atoms with Crippen LogP contribution in [0.1, 0.15) is 52.3 Å². The van der Waals surface area contributed by atoms with E-state index < -0.39 is 0 Å². The van der Waals surface area contributed by atoms with E-state index in [1.54, 1.807) is 17.1 Å². The van der Waals surface area contributed by atoms with Gasteiger partial charge in [-0.1, -0.05) is 27.7 Å². The topological polar surface area (TPSA) is 84.1 Å². The fourth-order valence-corrected chi connectivity index (χ4v) is 1.52. The summed E-state index contributed by atoms with van der Waals surface area (Å²) in [5, 5.41) is 4.26. The summed E-state index contributed by atoms with van der Waals surface area (Å²) in [5.41, 5.74) is 3.94. The molecule has 3 N–H and O–H groups in total. The summed E-state index contributed by atoms with van der Waals surface area (Å²) in [4.78, 5) is 12.7. The summed E-state index contributed by atoms with van der Waals surface area (Å²) >= 11 is 3.29. The Hall–Kier alpha value is -1.34. The quantitative estimate of drug-likeness (QED) is 0.907. The molecule has 7 heteroatoms. The predicted octanol–water partition coefficient (Wildman–Crippen LogP) is 2.48. The number of aryl methyl sites for hydroxylation is 1. The summed E-state index contributed by atoms with van der Waals surface area (Å²) in [6.07, 6.45) is 3.35. The first-order valence-corrected chi connectivity index (χ1v) is 7.62. The van der Waals surface area contributed by atoms with Crippen molar-refractivity contribution in [2.75, 3.05) is 0 Å². The third-order valence-electron chi connectivity index (χ3n) is 1.97. The lowest BCUT2D eigenvalue weighted by Crippen LogP contribution is -2.52. The summed E-state index contributed by atoms with van der Waals surface area (Å²) in [6, 6.07) is 0.0356. The van der Waals surface area contributed by atoms with E-state index in [1.165, 1.54) is 0 Å². The molecule has 0 spiro atoms. The maximum atomic E-state index is 4.31. The van der Waals surface area contributed by atoms with Gasteiger partial charge in [-0.15, -0.1) is 5.10 Å². The van der Waals surface area contributed by atoms with Gasteiger partial charge >= 0.3 is 0 Å². The lowest BCUT2D eigenvalue weighted by Gasteiger charge is -2.03. The van der Waals surface area contributed by atoms with Gasteiger partial charge in [0.25, 0.3) is 5.95 Å². The van der Waals surface area contributed by atoms with Gasteiger partial charge in [0.05, 0.1) is 4.47 Å². The molecule has 0 amide bonds. The minimum absolute atomic E-state index is 0.0356. The first-order chi connectivity index (χ1) is 9.58. The van der Waals surface area contributed by atoms with Crippen molar-refractivity contribution in [3.05, 3.63) is 28.5 Å². The first kappa shape index (κ1) is 18.7. The van der Waals surface area contributed by atoms with Crippen molar-refractivity contribution in [3.63, 3.8) is 0 Å². The number of nitrogens with zero attached hydrogens (tertiary/aromatic N) is 5. The van der Waals surface area contributed by atoms with E-state index in [4.69, 9.17) is 0 Å². The Morgan fingerprint density at radius 3 is 2.10 bits per heavy atom. The van der Waals surface area contributed by atoms with Gasteiger partial charge in [0.15, 0.2) is 5.82 Å². The molecule has 0 aliphatic rings. The van der Waals surface area contributed by atoms with Gasteiger partial charge in [0.1, 0.15) is 11.9 Å². The van der Waals surface area contributed by atoms with Crippen LogP contribution < -0.4 is 5.73 Å². The monoisotopic (exact) mass is 343 g/mol. The van der Waals surface area contributed by atoms with E-state index in [0.29, 0.717) is 11.8 Å². The molecule has 0 fully saturated rings. The van der Waals surface area contributed by atoms with Crippen molar-refractivity contribution < 1.29 is 5.73 Å². The van der Waals surface area contributed by atoms with Crippen LogP contribution in [0.2, 0.25) is 0 Å². The van der Waals surface area contributed by atoms with Crippen molar-refractivity contribution in [1.82, 2.24) is 24.7 Å². The van der Waals surface area contributed by atoms with Crippen LogP contribution in [0.15, 0.2) is 16.9 Å². The fraction of sp³-hybridized carbons (Fsp3) is 0.538. The van der Waals surface area contributed by atoms with Gasteiger partial charge in [-0.3, -0.25) is 0 Å². The fourth-order valence-electron chi connectivity index (χ4n) is 1.31. The van der Waals surface area contributed by atoms with Crippen LogP contribution in [-0.4, -0.2) is 24.7 Å². The van der Waals surface area contributed by atoms with Crippen LogP contribution in [-0.2, 0) is 0 Å². The van der Waals surface area contributed by atoms with E-state index in [-0.39, 0.29) is 6.04 Å². The Kier molecular flexibility index (Phi) is 8.91. The lowest BCUT2D eigenvalue weighted by atomic mass is 10.3. The van der Waals surface area contributed by atoms with E-state index in [2.05, 4.69) is 41.7 Å². The number of aromatic nitrogens is 5.